The normalized spacial score (nSPS) is 12.2. The third kappa shape index (κ3) is 3.59. The summed E-state index contributed by atoms with van der Waals surface area (Å²) < 4.78 is 5.73. The molecule has 2 aromatic carbocycles. The van der Waals surface area contributed by atoms with Crippen LogP contribution in [-0.2, 0) is 12.8 Å². The quantitative estimate of drug-likeness (QED) is 0.637. The van der Waals surface area contributed by atoms with Gasteiger partial charge in [-0.25, -0.2) is 0 Å². The minimum Gasteiger partial charge on any atom is -0.494 e. The lowest BCUT2D eigenvalue weighted by Gasteiger charge is -2.18. The second kappa shape index (κ2) is 7.51. The standard InChI is InChI=1S/C19H23ClO/c1-4-14-11-12-15(5-2)17(13-14)19(20)16-9-7-8-10-18(16)21-6-3/h7-13,19H,4-6H2,1-3H3. The topological polar surface area (TPSA) is 9.23 Å². The summed E-state index contributed by atoms with van der Waals surface area (Å²) in [5.74, 6) is 0.879. The molecule has 21 heavy (non-hydrogen) atoms. The lowest BCUT2D eigenvalue weighted by Crippen LogP contribution is -2.03. The van der Waals surface area contributed by atoms with Crippen molar-refractivity contribution < 1.29 is 4.74 Å². The number of ether oxygens (including phenoxy) is 1. The Morgan fingerprint density at radius 3 is 2.38 bits per heavy atom. The second-order valence-corrected chi connectivity index (χ2v) is 5.51. The Bertz CT molecular complexity index is 592. The van der Waals surface area contributed by atoms with E-state index in [0.717, 1.165) is 24.2 Å². The van der Waals surface area contributed by atoms with E-state index in [1.807, 2.05) is 25.1 Å². The van der Waals surface area contributed by atoms with Crippen LogP contribution in [0, 0.1) is 0 Å². The van der Waals surface area contributed by atoms with E-state index in [9.17, 15) is 0 Å². The maximum absolute atomic E-state index is 6.81. The van der Waals surface area contributed by atoms with Gasteiger partial charge in [0, 0.05) is 5.56 Å². The Kier molecular flexibility index (Phi) is 5.69. The number of benzene rings is 2. The first-order valence-electron chi connectivity index (χ1n) is 7.68. The van der Waals surface area contributed by atoms with Crippen molar-refractivity contribution in [3.05, 3.63) is 64.7 Å². The van der Waals surface area contributed by atoms with E-state index >= 15 is 0 Å². The van der Waals surface area contributed by atoms with E-state index < -0.39 is 0 Å². The summed E-state index contributed by atoms with van der Waals surface area (Å²) in [5.41, 5.74) is 4.87. The Labute approximate surface area is 132 Å². The van der Waals surface area contributed by atoms with Gasteiger partial charge >= 0.3 is 0 Å². The highest BCUT2D eigenvalue weighted by molar-refractivity contribution is 6.23. The first kappa shape index (κ1) is 15.9. The average molecular weight is 303 g/mol. The number of rotatable bonds is 6. The van der Waals surface area contributed by atoms with Crippen LogP contribution in [0.15, 0.2) is 42.5 Å². The summed E-state index contributed by atoms with van der Waals surface area (Å²) in [6.45, 7) is 6.98. The van der Waals surface area contributed by atoms with Crippen LogP contribution < -0.4 is 4.74 Å². The molecule has 112 valence electrons. The van der Waals surface area contributed by atoms with Gasteiger partial charge in [0.25, 0.3) is 0 Å². The van der Waals surface area contributed by atoms with Crippen molar-refractivity contribution in [2.75, 3.05) is 6.61 Å². The highest BCUT2D eigenvalue weighted by Crippen LogP contribution is 2.37. The van der Waals surface area contributed by atoms with Gasteiger partial charge in [-0.2, -0.15) is 0 Å². The first-order valence-corrected chi connectivity index (χ1v) is 8.12. The highest BCUT2D eigenvalue weighted by atomic mass is 35.5. The molecule has 0 saturated heterocycles. The van der Waals surface area contributed by atoms with Crippen LogP contribution in [0.2, 0.25) is 0 Å². The average Bonchev–Trinajstić information content (AvgIpc) is 2.54. The summed E-state index contributed by atoms with van der Waals surface area (Å²) in [5, 5.41) is -0.172. The molecule has 0 bridgehead atoms. The number of para-hydroxylation sites is 1. The summed E-state index contributed by atoms with van der Waals surface area (Å²) in [6, 6.07) is 14.7. The minimum absolute atomic E-state index is 0.172. The van der Waals surface area contributed by atoms with Crippen LogP contribution >= 0.6 is 11.6 Å². The van der Waals surface area contributed by atoms with Gasteiger partial charge in [-0.1, -0.05) is 50.2 Å². The Hall–Kier alpha value is -1.47. The van der Waals surface area contributed by atoms with E-state index in [1.165, 1.54) is 16.7 Å². The van der Waals surface area contributed by atoms with E-state index in [2.05, 4.69) is 38.1 Å². The molecule has 0 fully saturated rings. The van der Waals surface area contributed by atoms with Crippen molar-refractivity contribution in [3.63, 3.8) is 0 Å². The number of halogens is 1. The molecule has 0 aliphatic carbocycles. The van der Waals surface area contributed by atoms with E-state index in [1.54, 1.807) is 0 Å². The molecule has 2 rings (SSSR count). The molecule has 0 amide bonds. The molecular weight excluding hydrogens is 280 g/mol. The van der Waals surface area contributed by atoms with Crippen molar-refractivity contribution in [2.45, 2.75) is 39.0 Å². The van der Waals surface area contributed by atoms with Crippen molar-refractivity contribution in [3.8, 4) is 5.75 Å². The van der Waals surface area contributed by atoms with Gasteiger partial charge in [0.1, 0.15) is 5.75 Å². The maximum Gasteiger partial charge on any atom is 0.124 e. The number of alkyl halides is 1. The molecule has 2 heteroatoms. The van der Waals surface area contributed by atoms with Crippen LogP contribution in [0.25, 0.3) is 0 Å². The van der Waals surface area contributed by atoms with Gasteiger partial charge in [0.2, 0.25) is 0 Å². The second-order valence-electron chi connectivity index (χ2n) is 5.07. The smallest absolute Gasteiger partial charge is 0.124 e. The lowest BCUT2D eigenvalue weighted by atomic mass is 9.94. The molecule has 0 radical (unpaired) electrons. The van der Waals surface area contributed by atoms with Crippen molar-refractivity contribution in [1.29, 1.82) is 0 Å². The van der Waals surface area contributed by atoms with Crippen LogP contribution in [0.4, 0.5) is 0 Å². The molecule has 0 saturated carbocycles. The molecule has 1 atom stereocenters. The van der Waals surface area contributed by atoms with Gasteiger partial charge in [0.05, 0.1) is 12.0 Å². The molecule has 1 unspecified atom stereocenters. The van der Waals surface area contributed by atoms with Gasteiger partial charge in [0.15, 0.2) is 0 Å². The summed E-state index contributed by atoms with van der Waals surface area (Å²) in [4.78, 5) is 0. The summed E-state index contributed by atoms with van der Waals surface area (Å²) >= 11 is 6.81. The first-order chi connectivity index (χ1) is 10.2. The third-order valence-corrected chi connectivity index (χ3v) is 4.23. The maximum atomic E-state index is 6.81. The van der Waals surface area contributed by atoms with Crippen LogP contribution in [0.3, 0.4) is 0 Å². The fraction of sp³-hybridized carbons (Fsp3) is 0.368. The lowest BCUT2D eigenvalue weighted by molar-refractivity contribution is 0.337. The zero-order valence-electron chi connectivity index (χ0n) is 13.0. The predicted molar refractivity (Wildman–Crippen MR) is 90.5 cm³/mol. The predicted octanol–water partition coefficient (Wildman–Crippen LogP) is 5.54. The van der Waals surface area contributed by atoms with Crippen LogP contribution in [0.1, 0.15) is 48.4 Å². The minimum atomic E-state index is -0.172. The number of hydrogen-bond acceptors (Lipinski definition) is 1. The van der Waals surface area contributed by atoms with Crippen LogP contribution in [0.5, 0.6) is 5.75 Å². The fourth-order valence-electron chi connectivity index (χ4n) is 2.57. The Morgan fingerprint density at radius 2 is 1.71 bits per heavy atom. The van der Waals surface area contributed by atoms with Crippen molar-refractivity contribution >= 4 is 11.6 Å². The molecule has 0 aromatic heterocycles. The van der Waals surface area contributed by atoms with Crippen LogP contribution in [-0.4, -0.2) is 6.61 Å². The zero-order chi connectivity index (χ0) is 15.2. The van der Waals surface area contributed by atoms with E-state index in [-0.39, 0.29) is 5.38 Å². The number of hydrogen-bond donors (Lipinski definition) is 0. The molecule has 0 aliphatic heterocycles. The summed E-state index contributed by atoms with van der Waals surface area (Å²) in [7, 11) is 0. The molecule has 0 heterocycles. The largest absolute Gasteiger partial charge is 0.494 e. The third-order valence-electron chi connectivity index (χ3n) is 3.76. The highest BCUT2D eigenvalue weighted by Gasteiger charge is 2.18. The molecule has 0 spiro atoms. The van der Waals surface area contributed by atoms with Gasteiger partial charge in [-0.05, 0) is 42.5 Å². The van der Waals surface area contributed by atoms with E-state index in [0.29, 0.717) is 6.61 Å². The van der Waals surface area contributed by atoms with Crippen molar-refractivity contribution in [2.24, 2.45) is 0 Å². The Balaban J connectivity index is 2.46. The summed E-state index contributed by atoms with van der Waals surface area (Å²) in [6.07, 6.45) is 2.01. The van der Waals surface area contributed by atoms with Gasteiger partial charge in [-0.3, -0.25) is 0 Å². The molecule has 0 N–H and O–H groups in total. The zero-order valence-corrected chi connectivity index (χ0v) is 13.8. The molecular formula is C19H23ClO. The SMILES string of the molecule is CCOc1ccccc1C(Cl)c1cc(CC)ccc1CC. The van der Waals surface area contributed by atoms with E-state index in [4.69, 9.17) is 16.3 Å². The molecule has 2 aromatic rings. The molecule has 0 aliphatic rings. The van der Waals surface area contributed by atoms with Gasteiger partial charge < -0.3 is 4.74 Å². The Morgan fingerprint density at radius 1 is 0.952 bits per heavy atom. The monoisotopic (exact) mass is 302 g/mol. The molecule has 1 nitrogen and oxygen atoms in total. The van der Waals surface area contributed by atoms with Gasteiger partial charge in [-0.15, -0.1) is 11.6 Å². The number of aryl methyl sites for hydroxylation is 2. The fourth-order valence-corrected chi connectivity index (χ4v) is 2.95. The van der Waals surface area contributed by atoms with Crippen molar-refractivity contribution in [1.82, 2.24) is 0 Å².